The number of hydrogen-bond acceptors (Lipinski definition) is 5. The van der Waals surface area contributed by atoms with Crippen molar-refractivity contribution in [2.24, 2.45) is 0 Å². The molecule has 1 atom stereocenters. The Morgan fingerprint density at radius 3 is 2.56 bits per heavy atom. The van der Waals surface area contributed by atoms with Gasteiger partial charge in [0.2, 0.25) is 0 Å². The largest absolute Gasteiger partial charge is 0.351 e. The minimum atomic E-state index is -3.46. The summed E-state index contributed by atoms with van der Waals surface area (Å²) >= 11 is 1.60. The molecule has 0 bridgehead atoms. The van der Waals surface area contributed by atoms with Crippen LogP contribution in [0, 0.1) is 0 Å². The Hall–Kier alpha value is -2.25. The summed E-state index contributed by atoms with van der Waals surface area (Å²) in [5.74, 6) is -0.360. The summed E-state index contributed by atoms with van der Waals surface area (Å²) in [7, 11) is -3.46. The second-order valence-electron chi connectivity index (χ2n) is 5.90. The molecular weight excluding hydrogens is 356 g/mol. The topological polar surface area (TPSA) is 76.1 Å². The molecule has 25 heavy (non-hydrogen) atoms. The third kappa shape index (κ3) is 3.88. The standard InChI is InChI=1S/C18H18N2O3S2/c1-12(18-20-14-8-4-5-9-15(14)24-18)11-19-17(21)13-7-3-6-10-16(13)25(2,22)23/h3-10,12H,11H2,1-2H3,(H,19,21). The van der Waals surface area contributed by atoms with Gasteiger partial charge in [0.05, 0.1) is 25.7 Å². The second kappa shape index (κ2) is 6.93. The highest BCUT2D eigenvalue weighted by atomic mass is 32.2. The van der Waals surface area contributed by atoms with E-state index in [1.165, 1.54) is 12.1 Å². The molecule has 1 aromatic heterocycles. The SMILES string of the molecule is CC(CNC(=O)c1ccccc1S(C)(=O)=O)c1nc2ccccc2s1. The van der Waals surface area contributed by atoms with Crippen LogP contribution in [0.3, 0.4) is 0 Å². The molecule has 0 spiro atoms. The number of sulfone groups is 1. The van der Waals surface area contributed by atoms with Crippen molar-refractivity contribution in [1.29, 1.82) is 0 Å². The van der Waals surface area contributed by atoms with Crippen LogP contribution in [-0.2, 0) is 9.84 Å². The van der Waals surface area contributed by atoms with E-state index < -0.39 is 15.7 Å². The third-order valence-corrected chi connectivity index (χ3v) is 6.25. The average Bonchev–Trinajstić information content (AvgIpc) is 3.03. The van der Waals surface area contributed by atoms with Crippen molar-refractivity contribution in [2.45, 2.75) is 17.7 Å². The summed E-state index contributed by atoms with van der Waals surface area (Å²) in [6, 6.07) is 14.1. The second-order valence-corrected chi connectivity index (χ2v) is 8.95. The normalized spacial score (nSPS) is 12.9. The number of amides is 1. The Kier molecular flexibility index (Phi) is 4.87. The molecule has 1 unspecified atom stereocenters. The van der Waals surface area contributed by atoms with Crippen molar-refractivity contribution in [3.05, 3.63) is 59.1 Å². The molecule has 0 aliphatic carbocycles. The van der Waals surface area contributed by atoms with Crippen LogP contribution in [0.15, 0.2) is 53.4 Å². The van der Waals surface area contributed by atoms with Gasteiger partial charge in [0.1, 0.15) is 0 Å². The van der Waals surface area contributed by atoms with E-state index in [1.54, 1.807) is 23.5 Å². The molecule has 130 valence electrons. The minimum Gasteiger partial charge on any atom is -0.351 e. The van der Waals surface area contributed by atoms with E-state index in [2.05, 4.69) is 10.3 Å². The first kappa shape index (κ1) is 17.6. The van der Waals surface area contributed by atoms with Crippen molar-refractivity contribution in [2.75, 3.05) is 12.8 Å². The van der Waals surface area contributed by atoms with E-state index in [1.807, 2.05) is 31.2 Å². The predicted molar refractivity (Wildman–Crippen MR) is 99.9 cm³/mol. The van der Waals surface area contributed by atoms with E-state index in [4.69, 9.17) is 0 Å². The number of carbonyl (C=O) groups excluding carboxylic acids is 1. The van der Waals surface area contributed by atoms with Gasteiger partial charge in [-0.25, -0.2) is 13.4 Å². The predicted octanol–water partition coefficient (Wildman–Crippen LogP) is 3.23. The first-order valence-electron chi connectivity index (χ1n) is 7.79. The van der Waals surface area contributed by atoms with E-state index >= 15 is 0 Å². The monoisotopic (exact) mass is 374 g/mol. The van der Waals surface area contributed by atoms with Crippen LogP contribution in [0.2, 0.25) is 0 Å². The maximum atomic E-state index is 12.4. The number of rotatable bonds is 5. The van der Waals surface area contributed by atoms with Gasteiger partial charge < -0.3 is 5.32 Å². The van der Waals surface area contributed by atoms with Crippen molar-refractivity contribution in [3.63, 3.8) is 0 Å². The van der Waals surface area contributed by atoms with Crippen LogP contribution >= 0.6 is 11.3 Å². The molecule has 3 rings (SSSR count). The quantitative estimate of drug-likeness (QED) is 0.744. The summed E-state index contributed by atoms with van der Waals surface area (Å²) < 4.78 is 24.8. The molecule has 1 heterocycles. The summed E-state index contributed by atoms with van der Waals surface area (Å²) in [6.07, 6.45) is 1.10. The van der Waals surface area contributed by atoms with Crippen LogP contribution in [0.1, 0.15) is 28.2 Å². The number of aromatic nitrogens is 1. The molecule has 0 radical (unpaired) electrons. The molecule has 0 saturated heterocycles. The Balaban J connectivity index is 1.74. The average molecular weight is 374 g/mol. The molecular formula is C18H18N2O3S2. The van der Waals surface area contributed by atoms with Crippen molar-refractivity contribution < 1.29 is 13.2 Å². The lowest BCUT2D eigenvalue weighted by Crippen LogP contribution is -2.28. The molecule has 1 N–H and O–H groups in total. The van der Waals surface area contributed by atoms with Gasteiger partial charge in [-0.3, -0.25) is 4.79 Å². The highest BCUT2D eigenvalue weighted by Crippen LogP contribution is 2.27. The van der Waals surface area contributed by atoms with E-state index in [0.29, 0.717) is 6.54 Å². The van der Waals surface area contributed by atoms with Crippen LogP contribution in [-0.4, -0.2) is 32.1 Å². The van der Waals surface area contributed by atoms with E-state index in [-0.39, 0.29) is 16.4 Å². The molecule has 2 aromatic carbocycles. The fourth-order valence-electron chi connectivity index (χ4n) is 2.51. The van der Waals surface area contributed by atoms with Crippen LogP contribution < -0.4 is 5.32 Å². The number of fused-ring (bicyclic) bond motifs is 1. The maximum absolute atomic E-state index is 12.4. The number of benzene rings is 2. The lowest BCUT2D eigenvalue weighted by atomic mass is 10.1. The summed E-state index contributed by atoms with van der Waals surface area (Å²) in [6.45, 7) is 2.37. The first-order valence-corrected chi connectivity index (χ1v) is 10.5. The van der Waals surface area contributed by atoms with Crippen molar-refractivity contribution in [3.8, 4) is 0 Å². The summed E-state index contributed by atoms with van der Waals surface area (Å²) in [5.41, 5.74) is 1.12. The van der Waals surface area contributed by atoms with Crippen molar-refractivity contribution in [1.82, 2.24) is 10.3 Å². The molecule has 0 saturated carbocycles. The lowest BCUT2D eigenvalue weighted by molar-refractivity contribution is 0.0948. The van der Waals surface area contributed by atoms with Crippen LogP contribution in [0.5, 0.6) is 0 Å². The van der Waals surface area contributed by atoms with Gasteiger partial charge >= 0.3 is 0 Å². The Labute approximate surface area is 150 Å². The zero-order valence-electron chi connectivity index (χ0n) is 13.9. The van der Waals surface area contributed by atoms with E-state index in [0.717, 1.165) is 21.5 Å². The third-order valence-electron chi connectivity index (χ3n) is 3.83. The van der Waals surface area contributed by atoms with Gasteiger partial charge in [-0.2, -0.15) is 0 Å². The molecule has 5 nitrogen and oxygen atoms in total. The Morgan fingerprint density at radius 2 is 1.84 bits per heavy atom. The van der Waals surface area contributed by atoms with Gasteiger partial charge in [-0.05, 0) is 24.3 Å². The molecule has 0 aliphatic rings. The molecule has 1 amide bonds. The fraction of sp³-hybridized carbons (Fsp3) is 0.222. The van der Waals surface area contributed by atoms with E-state index in [9.17, 15) is 13.2 Å². The fourth-order valence-corrected chi connectivity index (χ4v) is 4.41. The number of nitrogens with zero attached hydrogens (tertiary/aromatic N) is 1. The first-order chi connectivity index (χ1) is 11.9. The van der Waals surface area contributed by atoms with Gasteiger partial charge in [0.25, 0.3) is 5.91 Å². The lowest BCUT2D eigenvalue weighted by Gasteiger charge is -2.12. The van der Waals surface area contributed by atoms with Gasteiger partial charge in [-0.15, -0.1) is 11.3 Å². The van der Waals surface area contributed by atoms with Gasteiger partial charge in [-0.1, -0.05) is 31.2 Å². The van der Waals surface area contributed by atoms with Crippen molar-refractivity contribution >= 4 is 37.3 Å². The Morgan fingerprint density at radius 1 is 1.16 bits per heavy atom. The number of hydrogen-bond donors (Lipinski definition) is 1. The zero-order chi connectivity index (χ0) is 18.0. The smallest absolute Gasteiger partial charge is 0.252 e. The minimum absolute atomic E-state index is 0.0340. The number of para-hydroxylation sites is 1. The van der Waals surface area contributed by atoms with Gasteiger partial charge in [0, 0.05) is 18.7 Å². The van der Waals surface area contributed by atoms with Crippen LogP contribution in [0.25, 0.3) is 10.2 Å². The highest BCUT2D eigenvalue weighted by molar-refractivity contribution is 7.90. The zero-order valence-corrected chi connectivity index (χ0v) is 15.5. The molecule has 0 fully saturated rings. The molecule has 0 aliphatic heterocycles. The maximum Gasteiger partial charge on any atom is 0.252 e. The van der Waals surface area contributed by atoms with Gasteiger partial charge in [0.15, 0.2) is 9.84 Å². The summed E-state index contributed by atoms with van der Waals surface area (Å²) in [5, 5.41) is 3.76. The Bertz CT molecular complexity index is 992. The molecule has 7 heteroatoms. The number of nitrogens with one attached hydrogen (secondary N) is 1. The highest BCUT2D eigenvalue weighted by Gasteiger charge is 2.19. The van der Waals surface area contributed by atoms with Crippen LogP contribution in [0.4, 0.5) is 0 Å². The number of thiazole rings is 1. The number of carbonyl (C=O) groups is 1. The molecule has 3 aromatic rings. The summed E-state index contributed by atoms with van der Waals surface area (Å²) in [4.78, 5) is 17.1.